The average Bonchev–Trinajstić information content (AvgIpc) is 3.16. The molecular weight excluding hydrogens is 262 g/mol. The molecule has 0 unspecified atom stereocenters. The average molecular weight is 287 g/mol. The Labute approximate surface area is 126 Å². The lowest BCUT2D eigenvalue weighted by Gasteiger charge is -2.41. The zero-order valence-corrected chi connectivity index (χ0v) is 12.8. The van der Waals surface area contributed by atoms with E-state index in [-0.39, 0.29) is 23.3 Å². The van der Waals surface area contributed by atoms with Crippen molar-refractivity contribution in [3.63, 3.8) is 0 Å². The van der Waals surface area contributed by atoms with Gasteiger partial charge in [-0.2, -0.15) is 0 Å². The third-order valence-corrected chi connectivity index (χ3v) is 5.44. The summed E-state index contributed by atoms with van der Waals surface area (Å²) in [4.78, 5) is 12.8. The van der Waals surface area contributed by atoms with Gasteiger partial charge in [-0.05, 0) is 50.0 Å². The molecule has 0 atom stereocenters. The van der Waals surface area contributed by atoms with Gasteiger partial charge in [-0.3, -0.25) is 4.79 Å². The van der Waals surface area contributed by atoms with E-state index < -0.39 is 0 Å². The smallest absolute Gasteiger partial charge is 0.230 e. The Bertz CT molecular complexity index is 530. The molecule has 1 aromatic carbocycles. The van der Waals surface area contributed by atoms with Crippen LogP contribution in [-0.4, -0.2) is 24.2 Å². The van der Waals surface area contributed by atoms with Crippen LogP contribution in [0.25, 0.3) is 0 Å². The lowest BCUT2D eigenvalue weighted by molar-refractivity contribution is -0.130. The molecule has 2 aliphatic rings. The van der Waals surface area contributed by atoms with E-state index in [0.29, 0.717) is 0 Å². The van der Waals surface area contributed by atoms with Crippen LogP contribution in [0.5, 0.6) is 0 Å². The fraction of sp³-hybridized carbons (Fsp3) is 0.611. The van der Waals surface area contributed by atoms with Crippen molar-refractivity contribution in [2.45, 2.75) is 50.9 Å². The fourth-order valence-corrected chi connectivity index (χ4v) is 3.49. The molecular formula is C18H25NO2. The highest BCUT2D eigenvalue weighted by molar-refractivity contribution is 5.89. The number of hydrogen-bond donors (Lipinski definition) is 2. The number of rotatable bonds is 6. The second-order valence-corrected chi connectivity index (χ2v) is 6.96. The zero-order valence-electron chi connectivity index (χ0n) is 12.8. The zero-order chi connectivity index (χ0) is 14.9. The van der Waals surface area contributed by atoms with E-state index in [1.54, 1.807) is 0 Å². The molecule has 21 heavy (non-hydrogen) atoms. The number of benzene rings is 1. The van der Waals surface area contributed by atoms with Crippen LogP contribution < -0.4 is 5.32 Å². The summed E-state index contributed by atoms with van der Waals surface area (Å²) >= 11 is 0. The standard InChI is InChI=1S/C18H25NO2/c1-14-4-2-5-15(12-14)18(6-3-7-18)16(21)19-13-17(8-9-17)10-11-20/h2,4-5,12,20H,3,6-11,13H2,1H3,(H,19,21). The van der Waals surface area contributed by atoms with Gasteiger partial charge in [0.2, 0.25) is 5.91 Å². The van der Waals surface area contributed by atoms with Crippen LogP contribution in [0.4, 0.5) is 0 Å². The lowest BCUT2D eigenvalue weighted by atomic mass is 9.63. The van der Waals surface area contributed by atoms with Crippen LogP contribution in [0.1, 0.15) is 49.7 Å². The topological polar surface area (TPSA) is 49.3 Å². The Hall–Kier alpha value is -1.35. The Morgan fingerprint density at radius 3 is 2.57 bits per heavy atom. The molecule has 0 aliphatic heterocycles. The number of aliphatic hydroxyl groups excluding tert-OH is 1. The minimum Gasteiger partial charge on any atom is -0.396 e. The van der Waals surface area contributed by atoms with Gasteiger partial charge in [0.25, 0.3) is 0 Å². The Morgan fingerprint density at radius 1 is 1.29 bits per heavy atom. The highest BCUT2D eigenvalue weighted by Crippen LogP contribution is 2.49. The second-order valence-electron chi connectivity index (χ2n) is 6.96. The molecule has 2 aliphatic carbocycles. The summed E-state index contributed by atoms with van der Waals surface area (Å²) in [5, 5.41) is 12.3. The van der Waals surface area contributed by atoms with Crippen molar-refractivity contribution in [1.29, 1.82) is 0 Å². The van der Waals surface area contributed by atoms with Crippen LogP contribution in [0.3, 0.4) is 0 Å². The maximum atomic E-state index is 12.8. The van der Waals surface area contributed by atoms with Crippen molar-refractivity contribution in [2.75, 3.05) is 13.2 Å². The van der Waals surface area contributed by atoms with Crippen LogP contribution in [0, 0.1) is 12.3 Å². The van der Waals surface area contributed by atoms with Gasteiger partial charge in [-0.1, -0.05) is 36.2 Å². The molecule has 0 heterocycles. The van der Waals surface area contributed by atoms with E-state index >= 15 is 0 Å². The lowest BCUT2D eigenvalue weighted by Crippen LogP contribution is -2.50. The van der Waals surface area contributed by atoms with E-state index in [1.165, 1.54) is 11.1 Å². The van der Waals surface area contributed by atoms with E-state index in [0.717, 1.165) is 45.1 Å². The summed E-state index contributed by atoms with van der Waals surface area (Å²) in [6.07, 6.45) is 6.11. The summed E-state index contributed by atoms with van der Waals surface area (Å²) in [5.74, 6) is 0.184. The van der Waals surface area contributed by atoms with Crippen LogP contribution in [0.2, 0.25) is 0 Å². The maximum absolute atomic E-state index is 12.8. The highest BCUT2D eigenvalue weighted by atomic mass is 16.3. The molecule has 0 bridgehead atoms. The first kappa shape index (κ1) is 14.6. The SMILES string of the molecule is Cc1cccc(C2(C(=O)NCC3(CCO)CC3)CCC2)c1. The number of amides is 1. The number of carbonyl (C=O) groups excluding carboxylic acids is 1. The summed E-state index contributed by atoms with van der Waals surface area (Å²) in [5.41, 5.74) is 2.26. The molecule has 114 valence electrons. The molecule has 2 saturated carbocycles. The van der Waals surface area contributed by atoms with Crippen molar-refractivity contribution < 1.29 is 9.90 Å². The third-order valence-electron chi connectivity index (χ3n) is 5.44. The van der Waals surface area contributed by atoms with Crippen LogP contribution >= 0.6 is 0 Å². The number of hydrogen-bond acceptors (Lipinski definition) is 2. The summed E-state index contributed by atoms with van der Waals surface area (Å²) in [6.45, 7) is 3.02. The number of aryl methyl sites for hydroxylation is 1. The minimum atomic E-state index is -0.304. The summed E-state index contributed by atoms with van der Waals surface area (Å²) in [7, 11) is 0. The molecule has 3 nitrogen and oxygen atoms in total. The van der Waals surface area contributed by atoms with Gasteiger partial charge >= 0.3 is 0 Å². The molecule has 3 rings (SSSR count). The molecule has 0 spiro atoms. The predicted octanol–water partition coefficient (Wildman–Crippen LogP) is 2.70. The van der Waals surface area contributed by atoms with Crippen molar-refractivity contribution in [2.24, 2.45) is 5.41 Å². The molecule has 3 heteroatoms. The molecule has 2 fully saturated rings. The number of nitrogens with one attached hydrogen (secondary N) is 1. The molecule has 0 saturated heterocycles. The Kier molecular flexibility index (Phi) is 3.78. The summed E-state index contributed by atoms with van der Waals surface area (Å²) in [6, 6.07) is 8.37. The van der Waals surface area contributed by atoms with Gasteiger partial charge in [0, 0.05) is 13.2 Å². The summed E-state index contributed by atoms with van der Waals surface area (Å²) < 4.78 is 0. The van der Waals surface area contributed by atoms with Gasteiger partial charge in [0.05, 0.1) is 5.41 Å². The van der Waals surface area contributed by atoms with Gasteiger partial charge in [-0.25, -0.2) is 0 Å². The number of carbonyl (C=O) groups is 1. The Morgan fingerprint density at radius 2 is 2.05 bits per heavy atom. The molecule has 1 aromatic rings. The quantitative estimate of drug-likeness (QED) is 0.845. The molecule has 0 radical (unpaired) electrons. The minimum absolute atomic E-state index is 0.182. The first-order chi connectivity index (χ1) is 10.1. The Balaban J connectivity index is 1.70. The maximum Gasteiger partial charge on any atom is 0.230 e. The van der Waals surface area contributed by atoms with Gasteiger partial charge < -0.3 is 10.4 Å². The van der Waals surface area contributed by atoms with E-state index in [9.17, 15) is 4.79 Å². The molecule has 1 amide bonds. The van der Waals surface area contributed by atoms with Crippen molar-refractivity contribution in [1.82, 2.24) is 5.32 Å². The van der Waals surface area contributed by atoms with Crippen LogP contribution in [-0.2, 0) is 10.2 Å². The van der Waals surface area contributed by atoms with E-state index in [4.69, 9.17) is 5.11 Å². The second kappa shape index (κ2) is 5.45. The first-order valence-corrected chi connectivity index (χ1v) is 8.07. The predicted molar refractivity (Wildman–Crippen MR) is 83.1 cm³/mol. The molecule has 0 aromatic heterocycles. The first-order valence-electron chi connectivity index (χ1n) is 8.07. The van der Waals surface area contributed by atoms with Crippen molar-refractivity contribution >= 4 is 5.91 Å². The fourth-order valence-electron chi connectivity index (χ4n) is 3.49. The van der Waals surface area contributed by atoms with Crippen molar-refractivity contribution in [3.8, 4) is 0 Å². The van der Waals surface area contributed by atoms with E-state index in [1.807, 2.05) is 6.07 Å². The van der Waals surface area contributed by atoms with Crippen molar-refractivity contribution in [3.05, 3.63) is 35.4 Å². The van der Waals surface area contributed by atoms with Gasteiger partial charge in [-0.15, -0.1) is 0 Å². The third kappa shape index (κ3) is 2.71. The van der Waals surface area contributed by atoms with E-state index in [2.05, 4.69) is 30.4 Å². The van der Waals surface area contributed by atoms with Crippen LogP contribution in [0.15, 0.2) is 24.3 Å². The number of aliphatic hydroxyl groups is 1. The van der Waals surface area contributed by atoms with Gasteiger partial charge in [0.15, 0.2) is 0 Å². The normalized spacial score (nSPS) is 21.4. The monoisotopic (exact) mass is 287 g/mol. The largest absolute Gasteiger partial charge is 0.396 e. The van der Waals surface area contributed by atoms with Gasteiger partial charge in [0.1, 0.15) is 0 Å². The highest BCUT2D eigenvalue weighted by Gasteiger charge is 2.47. The molecule has 2 N–H and O–H groups in total.